The van der Waals surface area contributed by atoms with Gasteiger partial charge >= 0.3 is 0 Å². The van der Waals surface area contributed by atoms with Crippen LogP contribution in [0.25, 0.3) is 0 Å². The van der Waals surface area contributed by atoms with E-state index in [0.717, 1.165) is 42.5 Å². The molecule has 1 unspecified atom stereocenters. The highest BCUT2D eigenvalue weighted by atomic mass is 32.2. The number of aromatic nitrogens is 2. The third-order valence-electron chi connectivity index (χ3n) is 2.70. The molecular weight excluding hydrogens is 244 g/mol. The number of hydrogen-bond donors (Lipinski definition) is 2. The Hall–Kier alpha value is -0.970. The van der Waals surface area contributed by atoms with E-state index in [2.05, 4.69) is 47.6 Å². The second-order valence-corrected chi connectivity index (χ2v) is 5.47. The Labute approximate surface area is 114 Å². The van der Waals surface area contributed by atoms with E-state index in [1.54, 1.807) is 6.33 Å². The molecule has 0 aliphatic heterocycles. The summed E-state index contributed by atoms with van der Waals surface area (Å²) in [6.45, 7) is 8.34. The molecule has 1 aromatic heterocycles. The van der Waals surface area contributed by atoms with Gasteiger partial charge < -0.3 is 10.6 Å². The predicted octanol–water partition coefficient (Wildman–Crippen LogP) is 3.02. The second-order valence-electron chi connectivity index (χ2n) is 4.56. The van der Waals surface area contributed by atoms with Crippen LogP contribution in [0.3, 0.4) is 0 Å². The van der Waals surface area contributed by atoms with E-state index in [9.17, 15) is 0 Å². The predicted molar refractivity (Wildman–Crippen MR) is 81.6 cm³/mol. The molecule has 2 N–H and O–H groups in total. The van der Waals surface area contributed by atoms with Gasteiger partial charge in [0.25, 0.3) is 0 Å². The number of nitrogens with zero attached hydrogens (tertiary/aromatic N) is 2. The van der Waals surface area contributed by atoms with Crippen LogP contribution < -0.4 is 10.6 Å². The van der Waals surface area contributed by atoms with Crippen molar-refractivity contribution >= 4 is 23.4 Å². The van der Waals surface area contributed by atoms with Gasteiger partial charge in [0.05, 0.1) is 0 Å². The lowest BCUT2D eigenvalue weighted by Crippen LogP contribution is -2.16. The minimum absolute atomic E-state index is 0.640. The smallest absolute Gasteiger partial charge is 0.134 e. The molecule has 1 heterocycles. The van der Waals surface area contributed by atoms with Crippen LogP contribution in [0, 0.1) is 12.8 Å². The van der Waals surface area contributed by atoms with E-state index in [1.807, 2.05) is 11.8 Å². The zero-order chi connectivity index (χ0) is 13.4. The van der Waals surface area contributed by atoms with Crippen molar-refractivity contribution in [3.05, 3.63) is 11.9 Å². The molecule has 4 nitrogen and oxygen atoms in total. The van der Waals surface area contributed by atoms with Crippen molar-refractivity contribution in [1.29, 1.82) is 0 Å². The molecule has 1 atom stereocenters. The topological polar surface area (TPSA) is 49.8 Å². The summed E-state index contributed by atoms with van der Waals surface area (Å²) in [5.74, 6) is 3.68. The Kier molecular flexibility index (Phi) is 6.86. The molecule has 102 valence electrons. The first-order valence-corrected chi connectivity index (χ1v) is 7.86. The van der Waals surface area contributed by atoms with E-state index in [4.69, 9.17) is 0 Å². The molecule has 0 saturated heterocycles. The van der Waals surface area contributed by atoms with Crippen molar-refractivity contribution in [1.82, 2.24) is 9.97 Å². The fourth-order valence-corrected chi connectivity index (χ4v) is 2.35. The van der Waals surface area contributed by atoms with Gasteiger partial charge in [0, 0.05) is 18.7 Å². The molecular formula is C13H24N4S. The average molecular weight is 268 g/mol. The normalized spacial score (nSPS) is 12.2. The fourth-order valence-electron chi connectivity index (χ4n) is 1.66. The Morgan fingerprint density at radius 3 is 2.56 bits per heavy atom. The van der Waals surface area contributed by atoms with Gasteiger partial charge in [-0.3, -0.25) is 0 Å². The Morgan fingerprint density at radius 2 is 1.94 bits per heavy atom. The van der Waals surface area contributed by atoms with Crippen molar-refractivity contribution in [2.75, 3.05) is 35.7 Å². The van der Waals surface area contributed by atoms with Gasteiger partial charge in [-0.2, -0.15) is 11.8 Å². The van der Waals surface area contributed by atoms with Crippen LogP contribution in [0.4, 0.5) is 11.6 Å². The molecule has 0 fully saturated rings. The van der Waals surface area contributed by atoms with Gasteiger partial charge in [-0.1, -0.05) is 13.8 Å². The maximum atomic E-state index is 4.31. The SMILES string of the molecule is CCCNc1ncnc(NCC(C)CSC)c1C. The van der Waals surface area contributed by atoms with Crippen molar-refractivity contribution in [3.63, 3.8) is 0 Å². The Balaban J connectivity index is 2.60. The van der Waals surface area contributed by atoms with E-state index in [1.165, 1.54) is 0 Å². The second kappa shape index (κ2) is 8.19. The number of hydrogen-bond acceptors (Lipinski definition) is 5. The minimum Gasteiger partial charge on any atom is -0.370 e. The summed E-state index contributed by atoms with van der Waals surface area (Å²) in [5, 5.41) is 6.73. The van der Waals surface area contributed by atoms with E-state index >= 15 is 0 Å². The summed E-state index contributed by atoms with van der Waals surface area (Å²) in [7, 11) is 0. The first-order chi connectivity index (χ1) is 8.69. The maximum absolute atomic E-state index is 4.31. The van der Waals surface area contributed by atoms with Crippen molar-refractivity contribution in [2.45, 2.75) is 27.2 Å². The highest BCUT2D eigenvalue weighted by molar-refractivity contribution is 7.98. The molecule has 1 aromatic rings. The van der Waals surface area contributed by atoms with Gasteiger partial charge in [0.2, 0.25) is 0 Å². The summed E-state index contributed by atoms with van der Waals surface area (Å²) in [6.07, 6.45) is 4.85. The van der Waals surface area contributed by atoms with Crippen LogP contribution >= 0.6 is 11.8 Å². The largest absolute Gasteiger partial charge is 0.370 e. The highest BCUT2D eigenvalue weighted by Gasteiger charge is 2.07. The van der Waals surface area contributed by atoms with Crippen LogP contribution in [0.2, 0.25) is 0 Å². The van der Waals surface area contributed by atoms with Crippen LogP contribution in [0.5, 0.6) is 0 Å². The molecule has 5 heteroatoms. The fraction of sp³-hybridized carbons (Fsp3) is 0.692. The molecule has 0 aromatic carbocycles. The summed E-state index contributed by atoms with van der Waals surface area (Å²) in [6, 6.07) is 0. The van der Waals surface area contributed by atoms with E-state index < -0.39 is 0 Å². The Bertz CT molecular complexity index is 357. The van der Waals surface area contributed by atoms with Gasteiger partial charge in [0.1, 0.15) is 18.0 Å². The molecule has 0 aliphatic carbocycles. The van der Waals surface area contributed by atoms with Crippen LogP contribution in [-0.2, 0) is 0 Å². The molecule has 1 rings (SSSR count). The van der Waals surface area contributed by atoms with Gasteiger partial charge in [-0.25, -0.2) is 9.97 Å². The summed E-state index contributed by atoms with van der Waals surface area (Å²) >= 11 is 1.88. The lowest BCUT2D eigenvalue weighted by molar-refractivity contribution is 0.699. The number of thioether (sulfide) groups is 1. The monoisotopic (exact) mass is 268 g/mol. The molecule has 0 radical (unpaired) electrons. The summed E-state index contributed by atoms with van der Waals surface area (Å²) < 4.78 is 0. The maximum Gasteiger partial charge on any atom is 0.134 e. The quantitative estimate of drug-likeness (QED) is 0.759. The summed E-state index contributed by atoms with van der Waals surface area (Å²) in [4.78, 5) is 8.58. The zero-order valence-electron chi connectivity index (χ0n) is 11.8. The molecule has 0 amide bonds. The third-order valence-corrected chi connectivity index (χ3v) is 3.60. The summed E-state index contributed by atoms with van der Waals surface area (Å²) in [5.41, 5.74) is 1.10. The number of nitrogens with one attached hydrogen (secondary N) is 2. The molecule has 0 saturated carbocycles. The average Bonchev–Trinajstić information content (AvgIpc) is 2.36. The minimum atomic E-state index is 0.640. The lowest BCUT2D eigenvalue weighted by atomic mass is 10.2. The van der Waals surface area contributed by atoms with Gasteiger partial charge in [-0.15, -0.1) is 0 Å². The molecule has 0 spiro atoms. The van der Waals surface area contributed by atoms with E-state index in [-0.39, 0.29) is 0 Å². The van der Waals surface area contributed by atoms with Crippen molar-refractivity contribution in [2.24, 2.45) is 5.92 Å². The first-order valence-electron chi connectivity index (χ1n) is 6.47. The van der Waals surface area contributed by atoms with Gasteiger partial charge in [0.15, 0.2) is 0 Å². The standard InChI is InChI=1S/C13H24N4S/c1-5-6-14-12-11(3)13(17-9-16-12)15-7-10(2)8-18-4/h9-10H,5-8H2,1-4H3,(H2,14,15,16,17). The zero-order valence-corrected chi connectivity index (χ0v) is 12.6. The molecule has 18 heavy (non-hydrogen) atoms. The van der Waals surface area contributed by atoms with Crippen LogP contribution in [0.1, 0.15) is 25.8 Å². The van der Waals surface area contributed by atoms with Crippen LogP contribution in [0.15, 0.2) is 6.33 Å². The molecule has 0 bridgehead atoms. The number of anilines is 2. The molecule has 0 aliphatic rings. The van der Waals surface area contributed by atoms with Crippen molar-refractivity contribution < 1.29 is 0 Å². The number of rotatable bonds is 8. The van der Waals surface area contributed by atoms with Crippen LogP contribution in [-0.4, -0.2) is 35.1 Å². The van der Waals surface area contributed by atoms with Crippen molar-refractivity contribution in [3.8, 4) is 0 Å². The Morgan fingerprint density at radius 1 is 1.28 bits per heavy atom. The first kappa shape index (κ1) is 15.1. The van der Waals surface area contributed by atoms with Gasteiger partial charge in [-0.05, 0) is 31.3 Å². The highest BCUT2D eigenvalue weighted by Crippen LogP contribution is 2.18. The third kappa shape index (κ3) is 4.72. The van der Waals surface area contributed by atoms with E-state index in [0.29, 0.717) is 5.92 Å². The lowest BCUT2D eigenvalue weighted by Gasteiger charge is -2.15.